The zero-order chi connectivity index (χ0) is 9.84. The monoisotopic (exact) mass is 178 g/mol. The maximum absolute atomic E-state index is 5.74. The fourth-order valence-electron chi connectivity index (χ4n) is 0.729. The van der Waals surface area contributed by atoms with Crippen molar-refractivity contribution in [1.29, 1.82) is 0 Å². The van der Waals surface area contributed by atoms with Gasteiger partial charge in [0.15, 0.2) is 5.69 Å². The van der Waals surface area contributed by atoms with Crippen LogP contribution in [0.15, 0.2) is 6.20 Å². The third-order valence-corrected chi connectivity index (χ3v) is 1.69. The lowest BCUT2D eigenvalue weighted by Crippen LogP contribution is -2.23. The Morgan fingerprint density at radius 1 is 1.54 bits per heavy atom. The molecule has 0 radical (unpaired) electrons. The molecule has 13 heavy (non-hydrogen) atoms. The highest BCUT2D eigenvalue weighted by molar-refractivity contribution is 5.25. The van der Waals surface area contributed by atoms with Crippen LogP contribution in [0.1, 0.15) is 19.5 Å². The molecule has 0 fully saturated rings. The quantitative estimate of drug-likeness (QED) is 0.623. The van der Waals surface area contributed by atoms with Gasteiger partial charge in [0.25, 0.3) is 0 Å². The molecule has 2 N–H and O–H groups in total. The highest BCUT2D eigenvalue weighted by Gasteiger charge is 2.02. The molecule has 0 aliphatic rings. The van der Waals surface area contributed by atoms with Crippen LogP contribution in [-0.2, 0) is 7.05 Å². The molecule has 4 heteroatoms. The fraction of sp³-hybridized carbons (Fsp3) is 0.556. The number of aromatic nitrogens is 3. The Balaban J connectivity index is 2.67. The van der Waals surface area contributed by atoms with Crippen molar-refractivity contribution < 1.29 is 0 Å². The molecule has 0 saturated heterocycles. The first-order valence-electron chi connectivity index (χ1n) is 4.23. The van der Waals surface area contributed by atoms with Crippen LogP contribution < -0.4 is 5.73 Å². The summed E-state index contributed by atoms with van der Waals surface area (Å²) >= 11 is 0. The van der Waals surface area contributed by atoms with E-state index in [1.54, 1.807) is 17.9 Å². The molecule has 4 nitrogen and oxygen atoms in total. The number of nitrogens with two attached hydrogens (primary N) is 1. The van der Waals surface area contributed by atoms with Crippen molar-refractivity contribution in [2.45, 2.75) is 19.9 Å². The van der Waals surface area contributed by atoms with Gasteiger partial charge in [-0.05, 0) is 11.8 Å². The van der Waals surface area contributed by atoms with Crippen LogP contribution in [0.4, 0.5) is 0 Å². The third-order valence-electron chi connectivity index (χ3n) is 1.69. The Hall–Kier alpha value is -1.34. The van der Waals surface area contributed by atoms with E-state index in [2.05, 4.69) is 22.2 Å². The van der Waals surface area contributed by atoms with E-state index in [4.69, 9.17) is 5.73 Å². The Bertz CT molecular complexity index is 329. The second-order valence-electron chi connectivity index (χ2n) is 3.32. The van der Waals surface area contributed by atoms with E-state index in [1.165, 1.54) is 0 Å². The molecular formula is C9H14N4. The van der Waals surface area contributed by atoms with Crippen molar-refractivity contribution in [2.24, 2.45) is 18.7 Å². The van der Waals surface area contributed by atoms with Crippen LogP contribution in [0.3, 0.4) is 0 Å². The van der Waals surface area contributed by atoms with E-state index in [1.807, 2.05) is 13.8 Å². The maximum Gasteiger partial charge on any atom is 0.155 e. The lowest BCUT2D eigenvalue weighted by Gasteiger charge is -2.05. The third kappa shape index (κ3) is 2.88. The molecule has 70 valence electrons. The molecule has 1 unspecified atom stereocenters. The molecule has 1 aromatic rings. The van der Waals surface area contributed by atoms with Gasteiger partial charge in [-0.1, -0.05) is 25.0 Å². The first-order chi connectivity index (χ1) is 6.09. The largest absolute Gasteiger partial charge is 0.317 e. The summed E-state index contributed by atoms with van der Waals surface area (Å²) < 4.78 is 1.62. The van der Waals surface area contributed by atoms with Gasteiger partial charge in [0.05, 0.1) is 12.2 Å². The summed E-state index contributed by atoms with van der Waals surface area (Å²) in [6.07, 6.45) is 1.76. The maximum atomic E-state index is 5.74. The molecule has 0 aliphatic carbocycles. The second kappa shape index (κ2) is 4.06. The number of rotatable bonds is 1. The summed E-state index contributed by atoms with van der Waals surface area (Å²) in [6, 6.07) is -0.0954. The molecule has 0 aromatic carbocycles. The predicted molar refractivity (Wildman–Crippen MR) is 50.7 cm³/mol. The second-order valence-corrected chi connectivity index (χ2v) is 3.32. The normalized spacial score (nSPS) is 12.4. The summed E-state index contributed by atoms with van der Waals surface area (Å²) in [4.78, 5) is 0. The highest BCUT2D eigenvalue weighted by atomic mass is 15.4. The van der Waals surface area contributed by atoms with Crippen molar-refractivity contribution in [3.05, 3.63) is 11.9 Å². The van der Waals surface area contributed by atoms with Crippen molar-refractivity contribution >= 4 is 0 Å². The Morgan fingerprint density at radius 2 is 2.23 bits per heavy atom. The zero-order valence-electron chi connectivity index (χ0n) is 8.15. The smallest absolute Gasteiger partial charge is 0.155 e. The van der Waals surface area contributed by atoms with E-state index in [0.717, 1.165) is 0 Å². The fourth-order valence-corrected chi connectivity index (χ4v) is 0.729. The van der Waals surface area contributed by atoms with E-state index in [9.17, 15) is 0 Å². The number of aryl methyl sites for hydroxylation is 1. The average Bonchev–Trinajstić information content (AvgIpc) is 2.47. The van der Waals surface area contributed by atoms with Crippen molar-refractivity contribution in [3.63, 3.8) is 0 Å². The van der Waals surface area contributed by atoms with E-state index >= 15 is 0 Å². The summed E-state index contributed by atoms with van der Waals surface area (Å²) in [5.41, 5.74) is 6.41. The summed E-state index contributed by atoms with van der Waals surface area (Å²) in [5.74, 6) is 6.17. The van der Waals surface area contributed by atoms with E-state index in [0.29, 0.717) is 11.6 Å². The van der Waals surface area contributed by atoms with Gasteiger partial charge in [0, 0.05) is 7.05 Å². The van der Waals surface area contributed by atoms with Gasteiger partial charge in [-0.15, -0.1) is 5.10 Å². The van der Waals surface area contributed by atoms with Crippen LogP contribution in [0.25, 0.3) is 0 Å². The number of nitrogens with zero attached hydrogens (tertiary/aromatic N) is 3. The zero-order valence-corrected chi connectivity index (χ0v) is 8.15. The Kier molecular flexibility index (Phi) is 3.04. The predicted octanol–water partition coefficient (Wildman–Crippen LogP) is 0.150. The first kappa shape index (κ1) is 9.75. The molecule has 0 spiro atoms. The summed E-state index contributed by atoms with van der Waals surface area (Å²) in [6.45, 7) is 4.08. The average molecular weight is 178 g/mol. The number of hydrogen-bond donors (Lipinski definition) is 1. The molecule has 1 heterocycles. The Morgan fingerprint density at radius 3 is 2.69 bits per heavy atom. The van der Waals surface area contributed by atoms with E-state index < -0.39 is 0 Å². The molecule has 0 amide bonds. The first-order valence-corrected chi connectivity index (χ1v) is 4.23. The molecule has 1 aromatic heterocycles. The van der Waals surface area contributed by atoms with Gasteiger partial charge >= 0.3 is 0 Å². The SMILES string of the molecule is CC(C)C(N)C#Cc1cn(C)nn1. The van der Waals surface area contributed by atoms with Gasteiger partial charge in [-0.2, -0.15) is 0 Å². The van der Waals surface area contributed by atoms with E-state index in [-0.39, 0.29) is 6.04 Å². The summed E-state index contributed by atoms with van der Waals surface area (Å²) in [5, 5.41) is 7.59. The van der Waals surface area contributed by atoms with Crippen molar-refractivity contribution in [3.8, 4) is 11.8 Å². The lowest BCUT2D eigenvalue weighted by molar-refractivity contribution is 0.584. The van der Waals surface area contributed by atoms with Gasteiger partial charge in [-0.25, -0.2) is 0 Å². The van der Waals surface area contributed by atoms with Gasteiger partial charge in [0.1, 0.15) is 0 Å². The summed E-state index contributed by atoms with van der Waals surface area (Å²) in [7, 11) is 1.81. The van der Waals surface area contributed by atoms with Gasteiger partial charge < -0.3 is 5.73 Å². The minimum Gasteiger partial charge on any atom is -0.317 e. The molecule has 0 aliphatic heterocycles. The topological polar surface area (TPSA) is 56.7 Å². The van der Waals surface area contributed by atoms with Crippen LogP contribution in [0.2, 0.25) is 0 Å². The van der Waals surface area contributed by atoms with Crippen LogP contribution >= 0.6 is 0 Å². The lowest BCUT2D eigenvalue weighted by atomic mass is 10.1. The van der Waals surface area contributed by atoms with Crippen LogP contribution in [0.5, 0.6) is 0 Å². The molecule has 0 saturated carbocycles. The van der Waals surface area contributed by atoms with Crippen LogP contribution in [-0.4, -0.2) is 21.0 Å². The van der Waals surface area contributed by atoms with Crippen molar-refractivity contribution in [2.75, 3.05) is 0 Å². The highest BCUT2D eigenvalue weighted by Crippen LogP contribution is 1.96. The van der Waals surface area contributed by atoms with Gasteiger partial charge in [-0.3, -0.25) is 4.68 Å². The number of hydrogen-bond acceptors (Lipinski definition) is 3. The minimum absolute atomic E-state index is 0.0954. The molecule has 1 rings (SSSR count). The molecular weight excluding hydrogens is 164 g/mol. The Labute approximate surface area is 78.1 Å². The minimum atomic E-state index is -0.0954. The molecule has 1 atom stereocenters. The molecule has 0 bridgehead atoms. The van der Waals surface area contributed by atoms with Gasteiger partial charge in [0.2, 0.25) is 0 Å². The van der Waals surface area contributed by atoms with Crippen molar-refractivity contribution in [1.82, 2.24) is 15.0 Å². The standard InChI is InChI=1S/C9H14N4/c1-7(2)9(10)5-4-8-6-13(3)12-11-8/h6-7,9H,10H2,1-3H3. The van der Waals surface area contributed by atoms with Crippen LogP contribution in [0, 0.1) is 17.8 Å².